The summed E-state index contributed by atoms with van der Waals surface area (Å²) in [7, 11) is -3.36. The molecule has 0 bridgehead atoms. The van der Waals surface area contributed by atoms with Crippen LogP contribution in [0.2, 0.25) is 5.02 Å². The summed E-state index contributed by atoms with van der Waals surface area (Å²) in [6.07, 6.45) is 0.248. The molecule has 0 unspecified atom stereocenters. The van der Waals surface area contributed by atoms with E-state index in [1.165, 1.54) is 0 Å². The molecule has 0 amide bonds. The molecule has 10 heteroatoms. The van der Waals surface area contributed by atoms with Crippen LogP contribution in [-0.2, 0) is 9.59 Å². The SMILES string of the molecule is CC(C)C[C@H](N[C@@H](CCNS(O)(O)c1ccc(-c2ccc(Cl)cc2)cc1)C(=O)O)C(=O)O. The zero-order chi connectivity index (χ0) is 23.9. The maximum absolute atomic E-state index is 11.6. The van der Waals surface area contributed by atoms with Crippen molar-refractivity contribution in [1.29, 1.82) is 0 Å². The maximum atomic E-state index is 11.6. The molecule has 32 heavy (non-hydrogen) atoms. The Kier molecular flexibility index (Phi) is 9.50. The van der Waals surface area contributed by atoms with E-state index in [-0.39, 0.29) is 30.2 Å². The highest BCUT2D eigenvalue weighted by atomic mass is 35.5. The maximum Gasteiger partial charge on any atom is 0.320 e. The largest absolute Gasteiger partial charge is 0.480 e. The first kappa shape index (κ1) is 26.1. The quantitative estimate of drug-likeness (QED) is 0.258. The van der Waals surface area contributed by atoms with Crippen molar-refractivity contribution in [2.24, 2.45) is 5.92 Å². The number of carbonyl (C=O) groups is 2. The molecule has 2 rings (SSSR count). The minimum absolute atomic E-state index is 0.0318. The number of hydrogen-bond acceptors (Lipinski definition) is 6. The van der Waals surface area contributed by atoms with Crippen LogP contribution in [0.5, 0.6) is 0 Å². The zero-order valence-electron chi connectivity index (χ0n) is 17.9. The Morgan fingerprint density at radius 1 is 0.906 bits per heavy atom. The molecular weight excluding hydrogens is 456 g/mol. The van der Waals surface area contributed by atoms with Crippen molar-refractivity contribution in [3.05, 3.63) is 53.6 Å². The Balaban J connectivity index is 1.99. The van der Waals surface area contributed by atoms with E-state index in [2.05, 4.69) is 10.0 Å². The van der Waals surface area contributed by atoms with Crippen molar-refractivity contribution < 1.29 is 28.9 Å². The third kappa shape index (κ3) is 7.77. The average molecular weight is 485 g/mol. The minimum atomic E-state index is -3.36. The Hall–Kier alpha value is -2.14. The van der Waals surface area contributed by atoms with Gasteiger partial charge >= 0.3 is 11.9 Å². The van der Waals surface area contributed by atoms with Gasteiger partial charge in [-0.2, -0.15) is 0 Å². The van der Waals surface area contributed by atoms with E-state index in [0.717, 1.165) is 11.1 Å². The highest BCUT2D eigenvalue weighted by Gasteiger charge is 2.27. The molecule has 0 fully saturated rings. The predicted octanol–water partition coefficient (Wildman–Crippen LogP) is 4.55. The molecule has 0 spiro atoms. The van der Waals surface area contributed by atoms with Gasteiger partial charge in [-0.1, -0.05) is 49.7 Å². The lowest BCUT2D eigenvalue weighted by Crippen LogP contribution is -2.48. The van der Waals surface area contributed by atoms with Gasteiger partial charge in [-0.3, -0.25) is 24.0 Å². The summed E-state index contributed by atoms with van der Waals surface area (Å²) in [5.41, 5.74) is 1.80. The van der Waals surface area contributed by atoms with Crippen molar-refractivity contribution in [2.45, 2.75) is 43.7 Å². The van der Waals surface area contributed by atoms with Crippen molar-refractivity contribution in [3.8, 4) is 11.1 Å². The third-order valence-corrected chi connectivity index (χ3v) is 6.59. The number of carboxylic acids is 2. The molecule has 176 valence electrons. The molecule has 0 aliphatic rings. The van der Waals surface area contributed by atoms with Crippen LogP contribution in [0.1, 0.15) is 26.7 Å². The molecule has 0 saturated heterocycles. The van der Waals surface area contributed by atoms with E-state index in [4.69, 9.17) is 11.6 Å². The normalized spacial score (nSPS) is 14.2. The van der Waals surface area contributed by atoms with E-state index in [0.29, 0.717) is 5.02 Å². The Morgan fingerprint density at radius 2 is 1.41 bits per heavy atom. The van der Waals surface area contributed by atoms with Gasteiger partial charge in [-0.25, -0.2) is 4.72 Å². The standard InChI is InChI=1S/C22H29ClN2O6S/c1-14(2)13-20(22(28)29)25-19(21(26)27)11-12-24-32(30,31)18-9-5-16(6-10-18)15-3-7-17(23)8-4-15/h3-10,14,19-20,24-25,30-31H,11-13H2,1-2H3,(H,26,27)(H,28,29)/t19-,20-/m0/s1. The molecule has 0 radical (unpaired) electrons. The van der Waals surface area contributed by atoms with Gasteiger partial charge in [0.15, 0.2) is 0 Å². The van der Waals surface area contributed by atoms with E-state index < -0.39 is 34.8 Å². The smallest absolute Gasteiger partial charge is 0.320 e. The van der Waals surface area contributed by atoms with Gasteiger partial charge in [0.05, 0.1) is 4.90 Å². The highest BCUT2D eigenvalue weighted by Crippen LogP contribution is 2.44. The molecule has 0 aliphatic carbocycles. The van der Waals surface area contributed by atoms with Crippen LogP contribution in [0.4, 0.5) is 0 Å². The number of benzene rings is 2. The molecule has 8 nitrogen and oxygen atoms in total. The van der Waals surface area contributed by atoms with E-state index in [1.807, 2.05) is 26.0 Å². The third-order valence-electron chi connectivity index (χ3n) is 4.80. The zero-order valence-corrected chi connectivity index (χ0v) is 19.4. The van der Waals surface area contributed by atoms with Gasteiger partial charge in [0.1, 0.15) is 12.1 Å². The number of rotatable bonds is 12. The molecule has 0 saturated carbocycles. The fourth-order valence-electron chi connectivity index (χ4n) is 3.14. The fourth-order valence-corrected chi connectivity index (χ4v) is 4.35. The van der Waals surface area contributed by atoms with Gasteiger partial charge in [0.25, 0.3) is 0 Å². The fraction of sp³-hybridized carbons (Fsp3) is 0.364. The van der Waals surface area contributed by atoms with Crippen molar-refractivity contribution in [3.63, 3.8) is 0 Å². The van der Waals surface area contributed by atoms with Gasteiger partial charge in [0, 0.05) is 11.6 Å². The Labute approximate surface area is 194 Å². The lowest BCUT2D eigenvalue weighted by Gasteiger charge is -2.33. The molecule has 2 aromatic rings. The minimum Gasteiger partial charge on any atom is -0.480 e. The monoisotopic (exact) mass is 484 g/mol. The number of halogens is 1. The molecule has 2 atom stereocenters. The summed E-state index contributed by atoms with van der Waals surface area (Å²) < 4.78 is 23.5. The van der Waals surface area contributed by atoms with Crippen LogP contribution in [0, 0.1) is 5.92 Å². The van der Waals surface area contributed by atoms with E-state index >= 15 is 0 Å². The van der Waals surface area contributed by atoms with E-state index in [9.17, 15) is 28.9 Å². The second-order valence-electron chi connectivity index (χ2n) is 7.84. The van der Waals surface area contributed by atoms with Crippen LogP contribution in [0.3, 0.4) is 0 Å². The summed E-state index contributed by atoms with van der Waals surface area (Å²) in [6.45, 7) is 3.66. The first-order valence-corrected chi connectivity index (χ1v) is 12.0. The van der Waals surface area contributed by atoms with Crippen LogP contribution in [-0.4, -0.2) is 49.9 Å². The van der Waals surface area contributed by atoms with Crippen LogP contribution in [0.25, 0.3) is 11.1 Å². The predicted molar refractivity (Wildman–Crippen MR) is 126 cm³/mol. The van der Waals surface area contributed by atoms with Crippen molar-refractivity contribution in [2.75, 3.05) is 6.54 Å². The summed E-state index contributed by atoms with van der Waals surface area (Å²) >= 11 is 5.90. The second-order valence-corrected chi connectivity index (χ2v) is 10.1. The Morgan fingerprint density at radius 3 is 1.88 bits per heavy atom. The van der Waals surface area contributed by atoms with Crippen LogP contribution in [0.15, 0.2) is 53.4 Å². The molecular formula is C22H29ClN2O6S. The van der Waals surface area contributed by atoms with Crippen LogP contribution < -0.4 is 10.0 Å². The summed E-state index contributed by atoms with van der Waals surface area (Å²) in [5, 5.41) is 22.0. The Bertz CT molecular complexity index is 906. The van der Waals surface area contributed by atoms with Gasteiger partial charge in [0.2, 0.25) is 0 Å². The highest BCUT2D eigenvalue weighted by molar-refractivity contribution is 8.22. The average Bonchev–Trinajstić information content (AvgIpc) is 2.72. The van der Waals surface area contributed by atoms with Gasteiger partial charge < -0.3 is 10.2 Å². The lowest BCUT2D eigenvalue weighted by atomic mass is 10.0. The first-order valence-electron chi connectivity index (χ1n) is 10.1. The first-order chi connectivity index (χ1) is 15.0. The molecule has 0 aromatic heterocycles. The number of aliphatic carboxylic acids is 2. The number of hydrogen-bond donors (Lipinski definition) is 6. The topological polar surface area (TPSA) is 139 Å². The lowest BCUT2D eigenvalue weighted by molar-refractivity contribution is -0.143. The van der Waals surface area contributed by atoms with Crippen molar-refractivity contribution >= 4 is 34.3 Å². The van der Waals surface area contributed by atoms with Gasteiger partial charge in [-0.05, 0) is 54.2 Å². The number of carboxylic acid groups (broad SMARTS) is 2. The van der Waals surface area contributed by atoms with E-state index in [1.54, 1.807) is 36.4 Å². The summed E-state index contributed by atoms with van der Waals surface area (Å²) in [6, 6.07) is 11.8. The van der Waals surface area contributed by atoms with Crippen molar-refractivity contribution in [1.82, 2.24) is 10.0 Å². The number of nitrogens with one attached hydrogen (secondary N) is 2. The second kappa shape index (κ2) is 11.6. The van der Waals surface area contributed by atoms with Crippen LogP contribution >= 0.6 is 22.4 Å². The molecule has 0 heterocycles. The molecule has 0 aliphatic heterocycles. The summed E-state index contributed by atoms with van der Waals surface area (Å²) in [4.78, 5) is 23.2. The van der Waals surface area contributed by atoms with Gasteiger partial charge in [-0.15, -0.1) is 10.8 Å². The molecule has 2 aromatic carbocycles. The molecule has 6 N–H and O–H groups in total. The summed E-state index contributed by atoms with van der Waals surface area (Å²) in [5.74, 6) is -2.26.